The van der Waals surface area contributed by atoms with Crippen LogP contribution in [0.5, 0.6) is 23.0 Å². The van der Waals surface area contributed by atoms with Crippen molar-refractivity contribution in [3.63, 3.8) is 0 Å². The minimum absolute atomic E-state index is 0.00923. The average molecular weight is 480 g/mol. The molecule has 0 saturated carbocycles. The first-order chi connectivity index (χ1) is 16.5. The first kappa shape index (κ1) is 21.8. The fraction of sp³-hybridized carbons (Fsp3) is 0.208. The molecule has 0 fully saturated rings. The molecular formula is C24H20N2O7S. The highest BCUT2D eigenvalue weighted by Gasteiger charge is 2.46. The Morgan fingerprint density at radius 2 is 1.97 bits per heavy atom. The minimum Gasteiger partial charge on any atom is -0.503 e. The van der Waals surface area contributed by atoms with E-state index in [2.05, 4.69) is 4.98 Å². The van der Waals surface area contributed by atoms with Gasteiger partial charge >= 0.3 is 0 Å². The first-order valence-corrected chi connectivity index (χ1v) is 11.2. The van der Waals surface area contributed by atoms with Gasteiger partial charge in [0.15, 0.2) is 17.3 Å². The number of aromatic nitrogens is 1. The quantitative estimate of drug-likeness (QED) is 0.511. The number of nitrogens with zero attached hydrogens (tertiary/aromatic N) is 2. The van der Waals surface area contributed by atoms with Crippen molar-refractivity contribution in [2.45, 2.75) is 12.6 Å². The van der Waals surface area contributed by atoms with Crippen LogP contribution in [-0.2, 0) is 11.3 Å². The molecule has 1 unspecified atom stereocenters. The van der Waals surface area contributed by atoms with Crippen molar-refractivity contribution in [2.75, 3.05) is 21.0 Å². The van der Waals surface area contributed by atoms with E-state index in [9.17, 15) is 14.7 Å². The van der Waals surface area contributed by atoms with Gasteiger partial charge in [-0.25, -0.2) is 0 Å². The van der Waals surface area contributed by atoms with E-state index >= 15 is 0 Å². The monoisotopic (exact) mass is 480 g/mol. The van der Waals surface area contributed by atoms with Crippen molar-refractivity contribution in [1.29, 1.82) is 0 Å². The van der Waals surface area contributed by atoms with Crippen molar-refractivity contribution < 1.29 is 33.6 Å². The molecule has 4 heterocycles. The van der Waals surface area contributed by atoms with Crippen molar-refractivity contribution in [3.8, 4) is 23.0 Å². The molecule has 2 aromatic heterocycles. The lowest BCUT2D eigenvalue weighted by atomic mass is 9.93. The molecule has 9 nitrogen and oxygen atoms in total. The number of methoxy groups -OCH3 is 2. The zero-order valence-corrected chi connectivity index (χ0v) is 19.1. The third-order valence-electron chi connectivity index (χ3n) is 5.70. The van der Waals surface area contributed by atoms with Crippen molar-refractivity contribution >= 4 is 23.0 Å². The molecule has 0 bridgehead atoms. The van der Waals surface area contributed by atoms with E-state index in [1.165, 1.54) is 30.5 Å². The summed E-state index contributed by atoms with van der Waals surface area (Å²) >= 11 is 1.23. The van der Waals surface area contributed by atoms with E-state index in [0.29, 0.717) is 21.9 Å². The minimum atomic E-state index is -0.964. The number of ketones is 1. The Hall–Kier alpha value is -4.05. The highest BCUT2D eigenvalue weighted by Crippen LogP contribution is 2.54. The lowest BCUT2D eigenvalue weighted by Crippen LogP contribution is -2.31. The molecule has 1 aromatic carbocycles. The van der Waals surface area contributed by atoms with Crippen LogP contribution in [0.15, 0.2) is 59.4 Å². The molecule has 3 aromatic rings. The van der Waals surface area contributed by atoms with Gasteiger partial charge in [-0.1, -0.05) is 6.07 Å². The average Bonchev–Trinajstić information content (AvgIpc) is 3.60. The molecule has 34 heavy (non-hydrogen) atoms. The van der Waals surface area contributed by atoms with E-state index in [4.69, 9.17) is 18.9 Å². The normalized spacial score (nSPS) is 16.8. The van der Waals surface area contributed by atoms with Crippen LogP contribution in [0.3, 0.4) is 0 Å². The maximum Gasteiger partial charge on any atom is 0.290 e. The van der Waals surface area contributed by atoms with Crippen LogP contribution in [-0.4, -0.2) is 47.7 Å². The molecule has 1 amide bonds. The molecule has 1 N–H and O–H groups in total. The number of ether oxygens (including phenoxy) is 4. The van der Waals surface area contributed by atoms with E-state index in [1.807, 2.05) is 0 Å². The Labute approximate surface area is 198 Å². The van der Waals surface area contributed by atoms with Crippen LogP contribution in [0.25, 0.3) is 0 Å². The fourth-order valence-electron chi connectivity index (χ4n) is 4.21. The fourth-order valence-corrected chi connectivity index (χ4v) is 4.89. The Morgan fingerprint density at radius 1 is 1.21 bits per heavy atom. The van der Waals surface area contributed by atoms with Gasteiger partial charge in [0.2, 0.25) is 24.1 Å². The summed E-state index contributed by atoms with van der Waals surface area (Å²) in [5, 5.41) is 12.7. The Bertz CT molecular complexity index is 1290. The number of aliphatic hydroxyl groups is 1. The number of pyridine rings is 1. The van der Waals surface area contributed by atoms with Crippen molar-refractivity contribution in [2.24, 2.45) is 0 Å². The number of hydrogen-bond acceptors (Lipinski definition) is 9. The van der Waals surface area contributed by atoms with E-state index in [-0.39, 0.29) is 30.4 Å². The van der Waals surface area contributed by atoms with Gasteiger partial charge in [-0.3, -0.25) is 14.6 Å². The second-order valence-electron chi connectivity index (χ2n) is 7.53. The van der Waals surface area contributed by atoms with Gasteiger partial charge in [0, 0.05) is 24.5 Å². The highest BCUT2D eigenvalue weighted by molar-refractivity contribution is 7.12. The Morgan fingerprint density at radius 3 is 2.65 bits per heavy atom. The number of carbonyl (C=O) groups is 2. The molecule has 2 aliphatic rings. The third kappa shape index (κ3) is 3.43. The molecule has 2 aliphatic heterocycles. The first-order valence-electron chi connectivity index (χ1n) is 10.3. The van der Waals surface area contributed by atoms with Gasteiger partial charge < -0.3 is 29.0 Å². The maximum absolute atomic E-state index is 13.5. The highest BCUT2D eigenvalue weighted by atomic mass is 32.1. The summed E-state index contributed by atoms with van der Waals surface area (Å²) in [5.74, 6) is -0.405. The van der Waals surface area contributed by atoms with Gasteiger partial charge in [-0.15, -0.1) is 11.3 Å². The van der Waals surface area contributed by atoms with Crippen LogP contribution in [0, 0.1) is 0 Å². The molecule has 10 heteroatoms. The SMILES string of the molecule is COc1c(C2C(C(=O)c3cccs3)=C(O)C(=O)N2Cc2ccncc2)cc2c(c1OC)OCO2. The van der Waals surface area contributed by atoms with Crippen LogP contribution < -0.4 is 18.9 Å². The second kappa shape index (κ2) is 8.71. The number of amides is 1. The van der Waals surface area contributed by atoms with Gasteiger partial charge in [0.25, 0.3) is 5.91 Å². The van der Waals surface area contributed by atoms with Crippen LogP contribution >= 0.6 is 11.3 Å². The standard InChI is InChI=1S/C24H20N2O7S/c1-30-21-14(10-15-22(23(21)31-2)33-12-32-15)18-17(19(27)16-4-3-9-34-16)20(28)24(29)26(18)11-13-5-7-25-8-6-13/h3-10,18,28H,11-12H2,1-2H3. The predicted octanol–water partition coefficient (Wildman–Crippen LogP) is 3.67. The summed E-state index contributed by atoms with van der Waals surface area (Å²) < 4.78 is 22.3. The van der Waals surface area contributed by atoms with Crippen molar-refractivity contribution in [3.05, 3.63) is 75.4 Å². The summed E-state index contributed by atoms with van der Waals surface area (Å²) in [6.45, 7) is 0.113. The zero-order valence-electron chi connectivity index (χ0n) is 18.3. The molecule has 0 saturated heterocycles. The predicted molar refractivity (Wildman–Crippen MR) is 122 cm³/mol. The maximum atomic E-state index is 13.5. The van der Waals surface area contributed by atoms with Crippen LogP contribution in [0.4, 0.5) is 0 Å². The largest absolute Gasteiger partial charge is 0.503 e. The zero-order chi connectivity index (χ0) is 23.8. The molecule has 5 rings (SSSR count). The lowest BCUT2D eigenvalue weighted by Gasteiger charge is -2.28. The van der Waals surface area contributed by atoms with Crippen LogP contribution in [0.2, 0.25) is 0 Å². The van der Waals surface area contributed by atoms with E-state index in [1.54, 1.807) is 48.1 Å². The Kier molecular flexibility index (Phi) is 5.58. The van der Waals surface area contributed by atoms with Crippen LogP contribution in [0.1, 0.15) is 26.8 Å². The number of thiophene rings is 1. The number of fused-ring (bicyclic) bond motifs is 1. The molecule has 0 aliphatic carbocycles. The topological polar surface area (TPSA) is 107 Å². The smallest absolute Gasteiger partial charge is 0.290 e. The molecular weight excluding hydrogens is 460 g/mol. The molecule has 174 valence electrons. The van der Waals surface area contributed by atoms with E-state index in [0.717, 1.165) is 5.56 Å². The molecule has 1 atom stereocenters. The number of rotatable bonds is 7. The third-order valence-corrected chi connectivity index (χ3v) is 6.57. The summed E-state index contributed by atoms with van der Waals surface area (Å²) in [6.07, 6.45) is 3.22. The van der Waals surface area contributed by atoms with E-state index < -0.39 is 23.5 Å². The second-order valence-corrected chi connectivity index (χ2v) is 8.47. The number of aliphatic hydroxyl groups excluding tert-OH is 1. The lowest BCUT2D eigenvalue weighted by molar-refractivity contribution is -0.130. The summed E-state index contributed by atoms with van der Waals surface area (Å²) in [6, 6.07) is 7.60. The number of hydrogen-bond donors (Lipinski definition) is 1. The number of carbonyl (C=O) groups excluding carboxylic acids is 2. The summed E-state index contributed by atoms with van der Waals surface area (Å²) in [5.41, 5.74) is 1.16. The summed E-state index contributed by atoms with van der Waals surface area (Å²) in [4.78, 5) is 32.6. The summed E-state index contributed by atoms with van der Waals surface area (Å²) in [7, 11) is 2.92. The van der Waals surface area contributed by atoms with Gasteiger partial charge in [-0.05, 0) is 35.2 Å². The Balaban J connectivity index is 1.71. The number of Topliss-reactive ketones (excluding diaryl/α,β-unsaturated/α-hetero) is 1. The number of benzene rings is 1. The molecule has 0 radical (unpaired) electrons. The van der Waals surface area contributed by atoms with Gasteiger partial charge in [0.1, 0.15) is 0 Å². The van der Waals surface area contributed by atoms with Gasteiger partial charge in [-0.2, -0.15) is 0 Å². The van der Waals surface area contributed by atoms with Crippen molar-refractivity contribution in [1.82, 2.24) is 9.88 Å². The molecule has 0 spiro atoms. The van der Waals surface area contributed by atoms with Gasteiger partial charge in [0.05, 0.1) is 30.7 Å².